The molecular formula is C24H36N2O. The molecule has 0 aromatic heterocycles. The lowest BCUT2D eigenvalue weighted by Gasteiger charge is -2.20. The third-order valence-electron chi connectivity index (χ3n) is 4.88. The number of ketones is 1. The van der Waals surface area contributed by atoms with Gasteiger partial charge in [-0.05, 0) is 63.3 Å². The molecule has 3 heteroatoms. The molecule has 2 N–H and O–H groups in total. The standard InChI is InChI=1S/C22H30N2O.C2H6/c1-3-9-20(21(23)4-2)22(25)17-24-14-8-12-19(13-15-24)16-18-10-6-5-7-11-18;1-2/h3-7,9-11,19H,1,8,12-17,23H2,2H3;1-2H3/b20-9+,21-4+;. The monoisotopic (exact) mass is 368 g/mol. The van der Waals surface area contributed by atoms with Crippen molar-refractivity contribution in [1.82, 2.24) is 4.90 Å². The van der Waals surface area contributed by atoms with Crippen molar-refractivity contribution in [3.63, 3.8) is 0 Å². The summed E-state index contributed by atoms with van der Waals surface area (Å²) in [5, 5.41) is 0. The number of carbonyl (C=O) groups is 1. The van der Waals surface area contributed by atoms with Crippen molar-refractivity contribution in [3.8, 4) is 0 Å². The van der Waals surface area contributed by atoms with Crippen LogP contribution in [0.4, 0.5) is 0 Å². The minimum atomic E-state index is 0.0806. The predicted octanol–water partition coefficient (Wildman–Crippen LogP) is 4.90. The highest BCUT2D eigenvalue weighted by Gasteiger charge is 2.21. The number of hydrogen-bond acceptors (Lipinski definition) is 3. The molecule has 0 radical (unpaired) electrons. The molecule has 1 atom stereocenters. The summed E-state index contributed by atoms with van der Waals surface area (Å²) in [5.74, 6) is 0.781. The number of allylic oxidation sites excluding steroid dienone is 4. The Morgan fingerprint density at radius 2 is 1.93 bits per heavy atom. The maximum atomic E-state index is 12.6. The number of hydrogen-bond donors (Lipinski definition) is 1. The highest BCUT2D eigenvalue weighted by atomic mass is 16.1. The second-order valence-electron chi connectivity index (χ2n) is 6.75. The van der Waals surface area contributed by atoms with Crippen molar-refractivity contribution in [2.75, 3.05) is 19.6 Å². The molecule has 1 saturated heterocycles. The first-order valence-electron chi connectivity index (χ1n) is 10.2. The van der Waals surface area contributed by atoms with Gasteiger partial charge in [0.05, 0.1) is 6.54 Å². The number of Topliss-reactive ketones (excluding diaryl/α,β-unsaturated/α-hetero) is 1. The number of likely N-dealkylation sites (tertiary alicyclic amines) is 1. The molecule has 0 aliphatic carbocycles. The average Bonchev–Trinajstić information content (AvgIpc) is 2.93. The Hall–Kier alpha value is -2.13. The second-order valence-corrected chi connectivity index (χ2v) is 6.75. The minimum Gasteiger partial charge on any atom is -0.398 e. The minimum absolute atomic E-state index is 0.0806. The highest BCUT2D eigenvalue weighted by Crippen LogP contribution is 2.22. The molecule has 0 amide bonds. The summed E-state index contributed by atoms with van der Waals surface area (Å²) in [6, 6.07) is 10.7. The van der Waals surface area contributed by atoms with E-state index >= 15 is 0 Å². The van der Waals surface area contributed by atoms with E-state index in [2.05, 4.69) is 41.8 Å². The molecule has 2 rings (SSSR count). The summed E-state index contributed by atoms with van der Waals surface area (Å²) in [5.41, 5.74) is 8.47. The van der Waals surface area contributed by atoms with E-state index in [0.717, 1.165) is 32.4 Å². The summed E-state index contributed by atoms with van der Waals surface area (Å²) < 4.78 is 0. The van der Waals surface area contributed by atoms with Crippen molar-refractivity contribution in [1.29, 1.82) is 0 Å². The normalized spacial score (nSPS) is 18.9. The molecule has 1 fully saturated rings. The zero-order valence-corrected chi connectivity index (χ0v) is 17.3. The van der Waals surface area contributed by atoms with Crippen molar-refractivity contribution < 1.29 is 4.79 Å². The van der Waals surface area contributed by atoms with E-state index in [4.69, 9.17) is 5.73 Å². The zero-order chi connectivity index (χ0) is 20.1. The largest absolute Gasteiger partial charge is 0.398 e. The fourth-order valence-electron chi connectivity index (χ4n) is 3.45. The lowest BCUT2D eigenvalue weighted by molar-refractivity contribution is -0.116. The van der Waals surface area contributed by atoms with Crippen LogP contribution in [-0.2, 0) is 11.2 Å². The van der Waals surface area contributed by atoms with Crippen LogP contribution in [0.25, 0.3) is 0 Å². The van der Waals surface area contributed by atoms with Gasteiger partial charge < -0.3 is 5.73 Å². The zero-order valence-electron chi connectivity index (χ0n) is 17.3. The van der Waals surface area contributed by atoms with Crippen LogP contribution in [0, 0.1) is 5.92 Å². The van der Waals surface area contributed by atoms with Crippen molar-refractivity contribution in [2.24, 2.45) is 11.7 Å². The van der Waals surface area contributed by atoms with Gasteiger partial charge in [-0.2, -0.15) is 0 Å². The van der Waals surface area contributed by atoms with Crippen LogP contribution in [0.3, 0.4) is 0 Å². The van der Waals surface area contributed by atoms with E-state index in [-0.39, 0.29) is 5.78 Å². The molecule has 1 unspecified atom stereocenters. The summed E-state index contributed by atoms with van der Waals surface area (Å²) in [6.07, 6.45) is 9.76. The summed E-state index contributed by atoms with van der Waals surface area (Å²) in [4.78, 5) is 14.9. The first-order chi connectivity index (χ1) is 13.1. The van der Waals surface area contributed by atoms with Crippen LogP contribution in [0.2, 0.25) is 0 Å². The van der Waals surface area contributed by atoms with Crippen molar-refractivity contribution in [3.05, 3.63) is 72.0 Å². The topological polar surface area (TPSA) is 46.3 Å². The fourth-order valence-corrected chi connectivity index (χ4v) is 3.45. The quantitative estimate of drug-likeness (QED) is 0.550. The van der Waals surface area contributed by atoms with Gasteiger partial charge in [0.25, 0.3) is 0 Å². The molecule has 27 heavy (non-hydrogen) atoms. The smallest absolute Gasteiger partial charge is 0.178 e. The van der Waals surface area contributed by atoms with E-state index in [1.165, 1.54) is 12.0 Å². The van der Waals surface area contributed by atoms with E-state index in [9.17, 15) is 4.79 Å². The number of nitrogens with zero attached hydrogens (tertiary/aromatic N) is 1. The van der Waals surface area contributed by atoms with Gasteiger partial charge in [0.1, 0.15) is 0 Å². The average molecular weight is 369 g/mol. The summed E-state index contributed by atoms with van der Waals surface area (Å²) >= 11 is 0. The van der Waals surface area contributed by atoms with Crippen molar-refractivity contribution in [2.45, 2.75) is 46.5 Å². The van der Waals surface area contributed by atoms with Crippen LogP contribution in [0.5, 0.6) is 0 Å². The van der Waals surface area contributed by atoms with E-state index in [1.54, 1.807) is 18.2 Å². The summed E-state index contributed by atoms with van der Waals surface area (Å²) in [6.45, 7) is 11.9. The molecule has 1 aromatic carbocycles. The Morgan fingerprint density at radius 1 is 1.22 bits per heavy atom. The highest BCUT2D eigenvalue weighted by molar-refractivity contribution is 6.00. The van der Waals surface area contributed by atoms with E-state index in [1.807, 2.05) is 20.8 Å². The first kappa shape index (κ1) is 22.9. The number of nitrogens with two attached hydrogens (primary N) is 1. The number of rotatable bonds is 7. The fraction of sp³-hybridized carbons (Fsp3) is 0.458. The Labute approximate surface area is 165 Å². The van der Waals surface area contributed by atoms with Gasteiger partial charge in [-0.3, -0.25) is 9.69 Å². The van der Waals surface area contributed by atoms with Crippen LogP contribution < -0.4 is 5.73 Å². The molecule has 0 saturated carbocycles. The maximum Gasteiger partial charge on any atom is 0.178 e. The molecule has 0 spiro atoms. The van der Waals surface area contributed by atoms with Crippen LogP contribution >= 0.6 is 0 Å². The number of benzene rings is 1. The Balaban J connectivity index is 0.00000176. The van der Waals surface area contributed by atoms with Gasteiger partial charge in [-0.15, -0.1) is 0 Å². The Bertz CT molecular complexity index is 631. The first-order valence-corrected chi connectivity index (χ1v) is 10.2. The van der Waals surface area contributed by atoms with Crippen LogP contribution in [0.15, 0.2) is 66.4 Å². The molecule has 1 heterocycles. The molecule has 0 bridgehead atoms. The third-order valence-corrected chi connectivity index (χ3v) is 4.88. The van der Waals surface area contributed by atoms with Gasteiger partial charge in [0, 0.05) is 11.3 Å². The number of carbonyl (C=O) groups excluding carboxylic acids is 1. The Kier molecular flexibility index (Phi) is 11.1. The van der Waals surface area contributed by atoms with Crippen LogP contribution in [-0.4, -0.2) is 30.3 Å². The van der Waals surface area contributed by atoms with Gasteiger partial charge in [0.15, 0.2) is 5.78 Å². The lowest BCUT2D eigenvalue weighted by Crippen LogP contribution is -2.32. The lowest BCUT2D eigenvalue weighted by atomic mass is 9.93. The molecule has 1 aromatic rings. The second kappa shape index (κ2) is 13.1. The summed E-state index contributed by atoms with van der Waals surface area (Å²) in [7, 11) is 0. The molecule has 3 nitrogen and oxygen atoms in total. The van der Waals surface area contributed by atoms with Gasteiger partial charge in [-0.1, -0.05) is 62.9 Å². The molecule has 1 aliphatic heterocycles. The Morgan fingerprint density at radius 3 is 2.56 bits per heavy atom. The SMILES string of the molecule is C=C/C=C(C(=O)CN1CCCC(Cc2ccccc2)CC1)\C(N)=C/C.CC. The molecule has 148 valence electrons. The van der Waals surface area contributed by atoms with Gasteiger partial charge >= 0.3 is 0 Å². The molecule has 1 aliphatic rings. The van der Waals surface area contributed by atoms with E-state index < -0.39 is 0 Å². The van der Waals surface area contributed by atoms with E-state index in [0.29, 0.717) is 23.7 Å². The van der Waals surface area contributed by atoms with Crippen molar-refractivity contribution >= 4 is 5.78 Å². The molecular weight excluding hydrogens is 332 g/mol. The third kappa shape index (κ3) is 7.96. The predicted molar refractivity (Wildman–Crippen MR) is 117 cm³/mol. The van der Waals surface area contributed by atoms with Gasteiger partial charge in [-0.25, -0.2) is 0 Å². The maximum absolute atomic E-state index is 12.6. The van der Waals surface area contributed by atoms with Crippen LogP contribution in [0.1, 0.15) is 45.6 Å². The van der Waals surface area contributed by atoms with Gasteiger partial charge in [0.2, 0.25) is 0 Å².